The summed E-state index contributed by atoms with van der Waals surface area (Å²) in [6.45, 7) is 3.62. The summed E-state index contributed by atoms with van der Waals surface area (Å²) in [7, 11) is 1.46. The Bertz CT molecular complexity index is 297. The molecule has 4 heteroatoms. The van der Waals surface area contributed by atoms with Gasteiger partial charge in [-0.3, -0.25) is 0 Å². The lowest BCUT2D eigenvalue weighted by Gasteiger charge is -2.53. The predicted molar refractivity (Wildman–Crippen MR) is 62.0 cm³/mol. The van der Waals surface area contributed by atoms with Crippen molar-refractivity contribution < 1.29 is 9.53 Å². The monoisotopic (exact) mass is 218 g/mol. The van der Waals surface area contributed by atoms with Gasteiger partial charge in [-0.15, -0.1) is 0 Å². The average Bonchev–Trinajstić information content (AvgIpc) is 2.22. The summed E-state index contributed by atoms with van der Waals surface area (Å²) >= 11 is 0. The first-order valence-corrected chi connectivity index (χ1v) is 5.78. The van der Waals surface area contributed by atoms with E-state index in [9.17, 15) is 4.79 Å². The highest BCUT2D eigenvalue weighted by Gasteiger charge is 2.44. The second-order valence-corrected chi connectivity index (χ2v) is 5.12. The first kappa shape index (κ1) is 11.7. The van der Waals surface area contributed by atoms with Crippen molar-refractivity contribution in [2.75, 3.05) is 26.7 Å². The van der Waals surface area contributed by atoms with Crippen molar-refractivity contribution in [3.8, 4) is 0 Å². The molecule has 0 aromatic rings. The third kappa shape index (κ3) is 1.79. The highest BCUT2D eigenvalue weighted by molar-refractivity contribution is 5.83. The molecule has 1 aliphatic carbocycles. The summed E-state index contributed by atoms with van der Waals surface area (Å²) in [4.78, 5) is 13.8. The number of nitrogens with zero attached hydrogens (tertiary/aromatic N) is 1. The Morgan fingerprint density at radius 3 is 2.44 bits per heavy atom. The molecule has 4 fully saturated rings. The van der Waals surface area contributed by atoms with E-state index in [-0.39, 0.29) is 14.4 Å². The number of carbonyl (C=O) groups is 1. The van der Waals surface area contributed by atoms with Crippen LogP contribution < -0.4 is 0 Å². The molecule has 0 spiro atoms. The van der Waals surface area contributed by atoms with Gasteiger partial charge in [0.25, 0.3) is 0 Å². The molecule has 0 aromatic heterocycles. The Morgan fingerprint density at radius 2 is 1.94 bits per heavy atom. The topological polar surface area (TPSA) is 29.5 Å². The first-order chi connectivity index (χ1) is 7.26. The zero-order valence-electron chi connectivity index (χ0n) is 9.69. The van der Waals surface area contributed by atoms with Crippen LogP contribution >= 0.6 is 0 Å². The first-order valence-electron chi connectivity index (χ1n) is 5.78. The van der Waals surface area contributed by atoms with Gasteiger partial charge >= 0.3 is 5.97 Å². The molecular formula is C12H17BNO2. The molecule has 3 saturated heterocycles. The van der Waals surface area contributed by atoms with Gasteiger partial charge in [0, 0.05) is 34.1 Å². The van der Waals surface area contributed by atoms with Gasteiger partial charge < -0.3 is 9.64 Å². The molecular weight excluding hydrogens is 201 g/mol. The normalized spacial score (nSPS) is 39.2. The average molecular weight is 218 g/mol. The van der Waals surface area contributed by atoms with Crippen LogP contribution in [-0.2, 0) is 9.53 Å². The summed E-state index contributed by atoms with van der Waals surface area (Å²) in [5.41, 5.74) is 1.37. The molecule has 0 amide bonds. The predicted octanol–water partition coefficient (Wildman–Crippen LogP) is 0.677. The fourth-order valence-corrected chi connectivity index (χ4v) is 3.66. The van der Waals surface area contributed by atoms with Crippen LogP contribution in [0.1, 0.15) is 12.8 Å². The maximum absolute atomic E-state index is 11.3. The van der Waals surface area contributed by atoms with Crippen LogP contribution in [0.2, 0.25) is 0 Å². The maximum atomic E-state index is 11.3. The molecule has 3 aliphatic heterocycles. The summed E-state index contributed by atoms with van der Waals surface area (Å²) in [6, 6.07) is 0. The van der Waals surface area contributed by atoms with Crippen LogP contribution in [0, 0.1) is 17.8 Å². The van der Waals surface area contributed by atoms with E-state index in [1.54, 1.807) is 6.08 Å². The Balaban J connectivity index is 0.000000963. The van der Waals surface area contributed by atoms with Crippen molar-refractivity contribution in [1.82, 2.24) is 4.90 Å². The molecule has 85 valence electrons. The van der Waals surface area contributed by atoms with E-state index in [0.29, 0.717) is 11.8 Å². The quantitative estimate of drug-likeness (QED) is 0.368. The number of methoxy groups -OCH3 is 1. The van der Waals surface area contributed by atoms with E-state index >= 15 is 0 Å². The third-order valence-corrected chi connectivity index (χ3v) is 4.14. The Kier molecular flexibility index (Phi) is 3.11. The van der Waals surface area contributed by atoms with E-state index in [1.807, 2.05) is 0 Å². The molecule has 3 heterocycles. The second kappa shape index (κ2) is 4.25. The molecule has 2 atom stereocenters. The van der Waals surface area contributed by atoms with Crippen LogP contribution in [0.4, 0.5) is 0 Å². The lowest BCUT2D eigenvalue weighted by atomic mass is 9.65. The highest BCUT2D eigenvalue weighted by atomic mass is 16.5. The van der Waals surface area contributed by atoms with E-state index in [4.69, 9.17) is 4.74 Å². The zero-order chi connectivity index (χ0) is 10.4. The number of hydrogen-bond acceptors (Lipinski definition) is 3. The third-order valence-electron chi connectivity index (χ3n) is 4.14. The van der Waals surface area contributed by atoms with E-state index in [0.717, 1.165) is 19.0 Å². The van der Waals surface area contributed by atoms with Gasteiger partial charge in [0.05, 0.1) is 7.11 Å². The SMILES string of the molecule is COC(=O)C=C1C2CC3CC1CN(C3)C2.[B]. The van der Waals surface area contributed by atoms with Gasteiger partial charge in [0.15, 0.2) is 0 Å². The van der Waals surface area contributed by atoms with Crippen molar-refractivity contribution in [3.05, 3.63) is 11.6 Å². The molecule has 0 aromatic carbocycles. The Morgan fingerprint density at radius 1 is 1.31 bits per heavy atom. The molecule has 2 unspecified atom stereocenters. The van der Waals surface area contributed by atoms with Crippen LogP contribution in [0.25, 0.3) is 0 Å². The number of ether oxygens (including phenoxy) is 1. The molecule has 3 radical (unpaired) electrons. The van der Waals surface area contributed by atoms with Gasteiger partial charge in [-0.2, -0.15) is 0 Å². The Labute approximate surface area is 98.4 Å². The van der Waals surface area contributed by atoms with Gasteiger partial charge in [0.1, 0.15) is 0 Å². The molecule has 4 aliphatic rings. The van der Waals surface area contributed by atoms with Crippen molar-refractivity contribution in [2.45, 2.75) is 12.8 Å². The number of esters is 1. The van der Waals surface area contributed by atoms with Gasteiger partial charge in [-0.25, -0.2) is 4.79 Å². The summed E-state index contributed by atoms with van der Waals surface area (Å²) in [6.07, 6.45) is 4.33. The van der Waals surface area contributed by atoms with Gasteiger partial charge in [-0.05, 0) is 30.6 Å². The van der Waals surface area contributed by atoms with E-state index in [1.165, 1.54) is 32.1 Å². The van der Waals surface area contributed by atoms with Crippen molar-refractivity contribution in [1.29, 1.82) is 0 Å². The fraction of sp³-hybridized carbons (Fsp3) is 0.750. The van der Waals surface area contributed by atoms with Crippen LogP contribution in [0.5, 0.6) is 0 Å². The maximum Gasteiger partial charge on any atom is 0.330 e. The Hall–Kier alpha value is -0.765. The summed E-state index contributed by atoms with van der Waals surface area (Å²) < 4.78 is 4.73. The molecule has 3 nitrogen and oxygen atoms in total. The van der Waals surface area contributed by atoms with Crippen LogP contribution in [0.15, 0.2) is 11.6 Å². The van der Waals surface area contributed by atoms with Crippen LogP contribution in [-0.4, -0.2) is 46.0 Å². The minimum absolute atomic E-state index is 0. The van der Waals surface area contributed by atoms with Crippen LogP contribution in [0.3, 0.4) is 0 Å². The minimum Gasteiger partial charge on any atom is -0.466 e. The van der Waals surface area contributed by atoms with Gasteiger partial charge in [0.2, 0.25) is 0 Å². The van der Waals surface area contributed by atoms with Gasteiger partial charge in [-0.1, -0.05) is 5.57 Å². The van der Waals surface area contributed by atoms with E-state index in [2.05, 4.69) is 4.90 Å². The smallest absolute Gasteiger partial charge is 0.330 e. The lowest BCUT2D eigenvalue weighted by Crippen LogP contribution is -2.54. The second-order valence-electron chi connectivity index (χ2n) is 5.12. The molecule has 4 bridgehead atoms. The summed E-state index contributed by atoms with van der Waals surface area (Å²) in [5, 5.41) is 0. The number of piperidine rings is 3. The molecule has 0 N–H and O–H groups in total. The number of rotatable bonds is 1. The minimum atomic E-state index is -0.174. The van der Waals surface area contributed by atoms with Crippen molar-refractivity contribution >= 4 is 14.4 Å². The largest absolute Gasteiger partial charge is 0.466 e. The van der Waals surface area contributed by atoms with E-state index < -0.39 is 0 Å². The zero-order valence-corrected chi connectivity index (χ0v) is 9.69. The van der Waals surface area contributed by atoms with Crippen molar-refractivity contribution in [2.24, 2.45) is 17.8 Å². The molecule has 4 rings (SSSR count). The highest BCUT2D eigenvalue weighted by Crippen LogP contribution is 2.46. The van der Waals surface area contributed by atoms with Crippen molar-refractivity contribution in [3.63, 3.8) is 0 Å². The number of hydrogen-bond donors (Lipinski definition) is 0. The lowest BCUT2D eigenvalue weighted by molar-refractivity contribution is -0.135. The standard InChI is InChI=1S/C12H17NO2.B/c1-15-12(14)4-11-9-2-8-3-10(11)7-13(5-8)6-9;/h4,8-10H,2-3,5-7H2,1H3;. The molecule has 1 saturated carbocycles. The number of carbonyl (C=O) groups excluding carboxylic acids is 1. The summed E-state index contributed by atoms with van der Waals surface area (Å²) in [5.74, 6) is 1.98. The molecule has 16 heavy (non-hydrogen) atoms. The fourth-order valence-electron chi connectivity index (χ4n) is 3.66.